The predicted molar refractivity (Wildman–Crippen MR) is 79.9 cm³/mol. The number of hydrogen-bond acceptors (Lipinski definition) is 2. The lowest BCUT2D eigenvalue weighted by molar-refractivity contribution is -0.156. The number of carbonyl (C=O) groups excluding carboxylic acids is 1. The van der Waals surface area contributed by atoms with Crippen LogP contribution in [0.3, 0.4) is 0 Å². The molecular formula is C17H21NO3. The number of hydrogen-bond donors (Lipinski definition) is 2. The number of benzene rings is 1. The van der Waals surface area contributed by atoms with Gasteiger partial charge in [0.2, 0.25) is 5.91 Å². The number of amides is 1. The zero-order valence-corrected chi connectivity index (χ0v) is 12.2. The number of carbonyl (C=O) groups is 2. The first-order chi connectivity index (χ1) is 10.1. The molecule has 0 heterocycles. The largest absolute Gasteiger partial charge is 0.481 e. The van der Waals surface area contributed by atoms with Crippen molar-refractivity contribution in [1.82, 2.24) is 0 Å². The van der Waals surface area contributed by atoms with Crippen molar-refractivity contribution < 1.29 is 14.7 Å². The second kappa shape index (κ2) is 5.51. The number of rotatable bonds is 3. The first kappa shape index (κ1) is 14.1. The van der Waals surface area contributed by atoms with Gasteiger partial charge in [0, 0.05) is 5.69 Å². The zero-order valence-electron chi connectivity index (χ0n) is 12.2. The summed E-state index contributed by atoms with van der Waals surface area (Å²) in [6.45, 7) is 1.99. The minimum absolute atomic E-state index is 0.124. The topological polar surface area (TPSA) is 66.4 Å². The van der Waals surface area contributed by atoms with Crippen LogP contribution in [0.4, 0.5) is 5.69 Å². The second-order valence-electron chi connectivity index (χ2n) is 6.42. The lowest BCUT2D eigenvalue weighted by Crippen LogP contribution is -2.49. The molecule has 3 aliphatic carbocycles. The summed E-state index contributed by atoms with van der Waals surface area (Å²) in [4.78, 5) is 24.2. The quantitative estimate of drug-likeness (QED) is 0.898. The molecule has 112 valence electrons. The average molecular weight is 287 g/mol. The maximum Gasteiger partial charge on any atom is 0.307 e. The van der Waals surface area contributed by atoms with Crippen LogP contribution in [0.15, 0.2) is 24.3 Å². The third kappa shape index (κ3) is 2.67. The molecule has 0 aromatic heterocycles. The van der Waals surface area contributed by atoms with Crippen molar-refractivity contribution in [2.75, 3.05) is 5.32 Å². The number of carboxylic acid groups (broad SMARTS) is 1. The highest BCUT2D eigenvalue weighted by molar-refractivity contribution is 5.95. The summed E-state index contributed by atoms with van der Waals surface area (Å²) in [5.41, 5.74) is 1.88. The highest BCUT2D eigenvalue weighted by atomic mass is 16.4. The Morgan fingerprint density at radius 3 is 2.05 bits per heavy atom. The van der Waals surface area contributed by atoms with E-state index in [4.69, 9.17) is 0 Å². The monoisotopic (exact) mass is 287 g/mol. The summed E-state index contributed by atoms with van der Waals surface area (Å²) < 4.78 is 0. The van der Waals surface area contributed by atoms with Crippen molar-refractivity contribution in [2.24, 2.45) is 23.7 Å². The summed E-state index contributed by atoms with van der Waals surface area (Å²) >= 11 is 0. The Balaban J connectivity index is 1.78. The molecule has 3 aliphatic rings. The van der Waals surface area contributed by atoms with Crippen LogP contribution in [0.25, 0.3) is 0 Å². The van der Waals surface area contributed by atoms with Gasteiger partial charge in [-0.1, -0.05) is 17.7 Å². The summed E-state index contributed by atoms with van der Waals surface area (Å²) in [6.07, 6.45) is 3.88. The van der Waals surface area contributed by atoms with Crippen molar-refractivity contribution in [3.05, 3.63) is 29.8 Å². The van der Waals surface area contributed by atoms with E-state index in [1.807, 2.05) is 31.2 Å². The SMILES string of the molecule is Cc1ccc(NC(=O)[C@@H]2C3CCC(CC3)[C@@H]2C(=O)O)cc1. The van der Waals surface area contributed by atoms with Crippen LogP contribution < -0.4 is 5.32 Å². The molecule has 4 nitrogen and oxygen atoms in total. The lowest BCUT2D eigenvalue weighted by atomic mass is 9.58. The fourth-order valence-corrected chi connectivity index (χ4v) is 4.04. The van der Waals surface area contributed by atoms with E-state index in [1.54, 1.807) is 0 Å². The van der Waals surface area contributed by atoms with E-state index in [-0.39, 0.29) is 23.7 Å². The standard InChI is InChI=1S/C17H21NO3/c1-10-2-8-13(9-3-10)18-16(19)14-11-4-6-12(7-5-11)15(14)17(20)21/h2-3,8-9,11-12,14-15H,4-7H2,1H3,(H,18,19)(H,20,21)/t11?,12?,14-,15+/m1/s1. The van der Waals surface area contributed by atoms with E-state index in [2.05, 4.69) is 5.32 Å². The van der Waals surface area contributed by atoms with Gasteiger partial charge in [-0.15, -0.1) is 0 Å². The molecule has 1 aromatic carbocycles. The highest BCUT2D eigenvalue weighted by Crippen LogP contribution is 2.49. The van der Waals surface area contributed by atoms with E-state index in [1.165, 1.54) is 0 Å². The van der Waals surface area contributed by atoms with E-state index < -0.39 is 11.9 Å². The van der Waals surface area contributed by atoms with E-state index in [9.17, 15) is 14.7 Å². The highest BCUT2D eigenvalue weighted by Gasteiger charge is 2.50. The van der Waals surface area contributed by atoms with Gasteiger partial charge in [0.1, 0.15) is 0 Å². The van der Waals surface area contributed by atoms with Gasteiger partial charge < -0.3 is 10.4 Å². The zero-order chi connectivity index (χ0) is 15.0. The molecule has 0 spiro atoms. The van der Waals surface area contributed by atoms with Gasteiger partial charge in [0.25, 0.3) is 0 Å². The van der Waals surface area contributed by atoms with Gasteiger partial charge in [-0.25, -0.2) is 0 Å². The van der Waals surface area contributed by atoms with E-state index >= 15 is 0 Å². The van der Waals surface area contributed by atoms with Crippen LogP contribution in [0, 0.1) is 30.6 Å². The Hall–Kier alpha value is -1.84. The maximum atomic E-state index is 12.6. The van der Waals surface area contributed by atoms with Crippen LogP contribution in [0.1, 0.15) is 31.2 Å². The van der Waals surface area contributed by atoms with Gasteiger partial charge in [-0.05, 0) is 56.6 Å². The number of aryl methyl sites for hydroxylation is 1. The van der Waals surface area contributed by atoms with Gasteiger partial charge in [0.05, 0.1) is 11.8 Å². The lowest BCUT2D eigenvalue weighted by Gasteiger charge is -2.45. The molecule has 21 heavy (non-hydrogen) atoms. The molecule has 2 N–H and O–H groups in total. The molecule has 3 fully saturated rings. The molecule has 0 saturated heterocycles. The van der Waals surface area contributed by atoms with E-state index in [0.717, 1.165) is 36.9 Å². The van der Waals surface area contributed by atoms with Crippen molar-refractivity contribution >= 4 is 17.6 Å². The number of carboxylic acids is 1. The molecule has 3 saturated carbocycles. The Kier molecular flexibility index (Phi) is 3.70. The molecule has 2 bridgehead atoms. The van der Waals surface area contributed by atoms with Gasteiger partial charge in [-0.2, -0.15) is 0 Å². The Morgan fingerprint density at radius 2 is 1.52 bits per heavy atom. The van der Waals surface area contributed by atoms with Crippen molar-refractivity contribution in [1.29, 1.82) is 0 Å². The second-order valence-corrected chi connectivity index (χ2v) is 6.42. The predicted octanol–water partition coefficient (Wildman–Crippen LogP) is 3.07. The Bertz CT molecular complexity index is 544. The fourth-order valence-electron chi connectivity index (χ4n) is 4.04. The number of fused-ring (bicyclic) bond motifs is 3. The molecule has 0 radical (unpaired) electrons. The molecule has 2 atom stereocenters. The van der Waals surface area contributed by atoms with Crippen molar-refractivity contribution in [3.63, 3.8) is 0 Å². The van der Waals surface area contributed by atoms with Crippen LogP contribution in [-0.2, 0) is 9.59 Å². The molecule has 0 aliphatic heterocycles. The Morgan fingerprint density at radius 1 is 1.00 bits per heavy atom. The normalized spacial score (nSPS) is 30.9. The summed E-state index contributed by atoms with van der Waals surface area (Å²) in [7, 11) is 0. The number of nitrogens with one attached hydrogen (secondary N) is 1. The molecule has 1 aromatic rings. The average Bonchev–Trinajstić information content (AvgIpc) is 2.49. The number of aliphatic carboxylic acids is 1. The first-order valence-corrected chi connectivity index (χ1v) is 7.66. The first-order valence-electron chi connectivity index (χ1n) is 7.66. The molecule has 0 unspecified atom stereocenters. The van der Waals surface area contributed by atoms with Crippen LogP contribution in [0.5, 0.6) is 0 Å². The third-order valence-electron chi connectivity index (χ3n) is 5.13. The summed E-state index contributed by atoms with van der Waals surface area (Å²) in [5.74, 6) is -1.43. The Labute approximate surface area is 124 Å². The van der Waals surface area contributed by atoms with Crippen molar-refractivity contribution in [3.8, 4) is 0 Å². The van der Waals surface area contributed by atoms with Gasteiger partial charge in [0.15, 0.2) is 0 Å². The molecule has 1 amide bonds. The third-order valence-corrected chi connectivity index (χ3v) is 5.13. The molecule has 4 rings (SSSR count). The van der Waals surface area contributed by atoms with Gasteiger partial charge >= 0.3 is 5.97 Å². The summed E-state index contributed by atoms with van der Waals surface area (Å²) in [6, 6.07) is 7.61. The minimum Gasteiger partial charge on any atom is -0.481 e. The van der Waals surface area contributed by atoms with Gasteiger partial charge in [-0.3, -0.25) is 9.59 Å². The van der Waals surface area contributed by atoms with E-state index in [0.29, 0.717) is 0 Å². The van der Waals surface area contributed by atoms with Crippen LogP contribution >= 0.6 is 0 Å². The smallest absolute Gasteiger partial charge is 0.307 e. The van der Waals surface area contributed by atoms with Crippen LogP contribution in [0.2, 0.25) is 0 Å². The minimum atomic E-state index is -0.812. The molecular weight excluding hydrogens is 266 g/mol. The summed E-state index contributed by atoms with van der Waals surface area (Å²) in [5, 5.41) is 12.4. The van der Waals surface area contributed by atoms with Crippen LogP contribution in [-0.4, -0.2) is 17.0 Å². The number of anilines is 1. The van der Waals surface area contributed by atoms with Crippen molar-refractivity contribution in [2.45, 2.75) is 32.6 Å². The molecule has 4 heteroatoms. The maximum absolute atomic E-state index is 12.6. The fraction of sp³-hybridized carbons (Fsp3) is 0.529.